The predicted molar refractivity (Wildman–Crippen MR) is 65.3 cm³/mol. The summed E-state index contributed by atoms with van der Waals surface area (Å²) in [5.41, 5.74) is 7.00. The summed E-state index contributed by atoms with van der Waals surface area (Å²) in [5.74, 6) is 0.0510. The summed E-state index contributed by atoms with van der Waals surface area (Å²) in [4.78, 5) is 3.97. The molecule has 5 nitrogen and oxygen atoms in total. The highest BCUT2D eigenvalue weighted by Gasteiger charge is 2.23. The number of rotatable bonds is 3. The maximum Gasteiger partial charge on any atom is 0.316 e. The summed E-state index contributed by atoms with van der Waals surface area (Å²) in [6.07, 6.45) is 0. The van der Waals surface area contributed by atoms with Gasteiger partial charge in [-0.1, -0.05) is 13.8 Å². The van der Waals surface area contributed by atoms with E-state index in [-0.39, 0.29) is 16.9 Å². The zero-order valence-electron chi connectivity index (χ0n) is 9.67. The van der Waals surface area contributed by atoms with Crippen molar-refractivity contribution in [3.63, 3.8) is 0 Å². The van der Waals surface area contributed by atoms with E-state index in [4.69, 9.17) is 10.2 Å². The van der Waals surface area contributed by atoms with Gasteiger partial charge in [-0.15, -0.1) is 0 Å². The van der Waals surface area contributed by atoms with Crippen LogP contribution in [0.25, 0.3) is 11.1 Å². The first kappa shape index (κ1) is 11.9. The second kappa shape index (κ2) is 4.03. The van der Waals surface area contributed by atoms with Crippen molar-refractivity contribution in [3.8, 4) is 0 Å². The van der Waals surface area contributed by atoms with Crippen molar-refractivity contribution < 1.29 is 12.8 Å². The third-order valence-corrected chi connectivity index (χ3v) is 4.02. The Balaban J connectivity index is 2.50. The van der Waals surface area contributed by atoms with Crippen LogP contribution in [-0.4, -0.2) is 19.2 Å². The van der Waals surface area contributed by atoms with E-state index >= 15 is 0 Å². The van der Waals surface area contributed by atoms with E-state index in [0.29, 0.717) is 16.8 Å². The second-order valence-corrected chi connectivity index (χ2v) is 6.29. The van der Waals surface area contributed by atoms with Crippen LogP contribution in [-0.2, 0) is 9.84 Å². The molecule has 0 amide bonds. The second-order valence-electron chi connectivity index (χ2n) is 4.38. The van der Waals surface area contributed by atoms with Gasteiger partial charge in [-0.25, -0.2) is 8.42 Å². The summed E-state index contributed by atoms with van der Waals surface area (Å²) in [7, 11) is -3.45. The first-order valence-corrected chi connectivity index (χ1v) is 6.92. The first-order chi connectivity index (χ1) is 7.88. The standard InChI is InChI=1S/C11H14N2O3S/c1-7(2)6-17(14,15)11-13-9-4-3-8(12)5-10(9)16-11/h3-5,7H,6,12H2,1-2H3. The zero-order chi connectivity index (χ0) is 12.6. The molecule has 2 N–H and O–H groups in total. The van der Waals surface area contributed by atoms with E-state index in [1.807, 2.05) is 13.8 Å². The van der Waals surface area contributed by atoms with Gasteiger partial charge >= 0.3 is 5.22 Å². The number of nitrogens with zero attached hydrogens (tertiary/aromatic N) is 1. The van der Waals surface area contributed by atoms with Gasteiger partial charge in [0.2, 0.25) is 9.84 Å². The molecule has 2 rings (SSSR count). The molecule has 0 atom stereocenters. The third-order valence-electron chi connectivity index (χ3n) is 2.21. The van der Waals surface area contributed by atoms with E-state index < -0.39 is 9.84 Å². The summed E-state index contributed by atoms with van der Waals surface area (Å²) in [6, 6.07) is 4.86. The highest BCUT2D eigenvalue weighted by Crippen LogP contribution is 2.22. The Kier molecular flexibility index (Phi) is 2.82. The van der Waals surface area contributed by atoms with Crippen LogP contribution in [0, 0.1) is 5.92 Å². The monoisotopic (exact) mass is 254 g/mol. The number of hydrogen-bond acceptors (Lipinski definition) is 5. The quantitative estimate of drug-likeness (QED) is 0.844. The van der Waals surface area contributed by atoms with Crippen molar-refractivity contribution in [2.45, 2.75) is 19.1 Å². The molecule has 0 aliphatic rings. The van der Waals surface area contributed by atoms with Gasteiger partial charge in [0.25, 0.3) is 0 Å². The smallest absolute Gasteiger partial charge is 0.316 e. The van der Waals surface area contributed by atoms with Gasteiger partial charge < -0.3 is 10.2 Å². The highest BCUT2D eigenvalue weighted by atomic mass is 32.2. The predicted octanol–water partition coefficient (Wildman–Crippen LogP) is 1.84. The molecule has 2 aromatic rings. The van der Waals surface area contributed by atoms with Gasteiger partial charge in [-0.05, 0) is 18.1 Å². The lowest BCUT2D eigenvalue weighted by Gasteiger charge is -2.01. The fourth-order valence-corrected chi connectivity index (χ4v) is 3.04. The Morgan fingerprint density at radius 1 is 1.41 bits per heavy atom. The van der Waals surface area contributed by atoms with Crippen LogP contribution in [0.3, 0.4) is 0 Å². The van der Waals surface area contributed by atoms with Crippen LogP contribution in [0.5, 0.6) is 0 Å². The topological polar surface area (TPSA) is 86.2 Å². The van der Waals surface area contributed by atoms with Crippen LogP contribution in [0.2, 0.25) is 0 Å². The SMILES string of the molecule is CC(C)CS(=O)(=O)c1nc2ccc(N)cc2o1. The third kappa shape index (κ3) is 2.41. The number of aromatic nitrogens is 1. The summed E-state index contributed by atoms with van der Waals surface area (Å²) >= 11 is 0. The van der Waals surface area contributed by atoms with Crippen molar-refractivity contribution >= 4 is 26.6 Å². The van der Waals surface area contributed by atoms with Crippen LogP contribution in [0.1, 0.15) is 13.8 Å². The Labute approximate surface area is 99.6 Å². The lowest BCUT2D eigenvalue weighted by atomic mass is 10.3. The Morgan fingerprint density at radius 3 is 2.76 bits per heavy atom. The molecule has 6 heteroatoms. The van der Waals surface area contributed by atoms with Crippen molar-refractivity contribution in [3.05, 3.63) is 18.2 Å². The van der Waals surface area contributed by atoms with E-state index in [2.05, 4.69) is 4.98 Å². The Bertz CT molecular complexity index is 644. The average molecular weight is 254 g/mol. The molecule has 0 unspecified atom stereocenters. The summed E-state index contributed by atoms with van der Waals surface area (Å²) in [5, 5.41) is -0.230. The number of sulfone groups is 1. The number of nitrogens with two attached hydrogens (primary N) is 1. The Morgan fingerprint density at radius 2 is 2.12 bits per heavy atom. The molecule has 1 aromatic carbocycles. The van der Waals surface area contributed by atoms with Gasteiger partial charge in [-0.2, -0.15) is 4.98 Å². The number of benzene rings is 1. The fourth-order valence-electron chi connectivity index (χ4n) is 1.56. The van der Waals surface area contributed by atoms with Gasteiger partial charge in [0.05, 0.1) is 5.75 Å². The van der Waals surface area contributed by atoms with E-state index in [9.17, 15) is 8.42 Å². The minimum atomic E-state index is -3.45. The maximum absolute atomic E-state index is 11.9. The lowest BCUT2D eigenvalue weighted by molar-refractivity contribution is 0.455. The minimum absolute atomic E-state index is 0.0231. The van der Waals surface area contributed by atoms with Gasteiger partial charge in [-0.3, -0.25) is 0 Å². The largest absolute Gasteiger partial charge is 0.428 e. The van der Waals surface area contributed by atoms with E-state index in [1.165, 1.54) is 0 Å². The molecule has 1 heterocycles. The van der Waals surface area contributed by atoms with Crippen molar-refractivity contribution in [2.24, 2.45) is 5.92 Å². The fraction of sp³-hybridized carbons (Fsp3) is 0.364. The molecule has 0 aliphatic heterocycles. The average Bonchev–Trinajstić information content (AvgIpc) is 2.58. The Hall–Kier alpha value is -1.56. The normalized spacial score (nSPS) is 12.4. The summed E-state index contributed by atoms with van der Waals surface area (Å²) < 4.78 is 29.1. The van der Waals surface area contributed by atoms with Crippen molar-refractivity contribution in [1.29, 1.82) is 0 Å². The number of nitrogen functional groups attached to an aromatic ring is 1. The summed E-state index contributed by atoms with van der Waals surface area (Å²) in [6.45, 7) is 3.66. The number of hydrogen-bond donors (Lipinski definition) is 1. The molecular formula is C11H14N2O3S. The molecule has 0 spiro atoms. The molecule has 0 bridgehead atoms. The van der Waals surface area contributed by atoms with Crippen LogP contribution in [0.15, 0.2) is 27.8 Å². The van der Waals surface area contributed by atoms with Crippen molar-refractivity contribution in [2.75, 3.05) is 11.5 Å². The van der Waals surface area contributed by atoms with Gasteiger partial charge in [0.15, 0.2) is 5.58 Å². The molecule has 0 saturated carbocycles. The van der Waals surface area contributed by atoms with Crippen LogP contribution < -0.4 is 5.73 Å². The molecule has 0 aliphatic carbocycles. The lowest BCUT2D eigenvalue weighted by Crippen LogP contribution is -2.12. The molecule has 1 aromatic heterocycles. The number of fused-ring (bicyclic) bond motifs is 1. The minimum Gasteiger partial charge on any atom is -0.428 e. The number of oxazole rings is 1. The maximum atomic E-state index is 11.9. The molecule has 0 radical (unpaired) electrons. The van der Waals surface area contributed by atoms with Crippen LogP contribution >= 0.6 is 0 Å². The van der Waals surface area contributed by atoms with Gasteiger partial charge in [0, 0.05) is 11.8 Å². The van der Waals surface area contributed by atoms with Crippen LogP contribution in [0.4, 0.5) is 5.69 Å². The molecule has 92 valence electrons. The van der Waals surface area contributed by atoms with E-state index in [0.717, 1.165) is 0 Å². The first-order valence-electron chi connectivity index (χ1n) is 5.27. The number of anilines is 1. The van der Waals surface area contributed by atoms with Gasteiger partial charge in [0.1, 0.15) is 5.52 Å². The highest BCUT2D eigenvalue weighted by molar-refractivity contribution is 7.91. The molecule has 0 saturated heterocycles. The van der Waals surface area contributed by atoms with E-state index in [1.54, 1.807) is 18.2 Å². The molecule has 17 heavy (non-hydrogen) atoms. The van der Waals surface area contributed by atoms with Crippen molar-refractivity contribution in [1.82, 2.24) is 4.98 Å². The molecular weight excluding hydrogens is 240 g/mol. The zero-order valence-corrected chi connectivity index (χ0v) is 10.5. The molecule has 0 fully saturated rings.